The Morgan fingerprint density at radius 1 is 1.13 bits per heavy atom. The smallest absolute Gasteiger partial charge is 0.0732 e. The van der Waals surface area contributed by atoms with Crippen LogP contribution in [-0.4, -0.2) is 25.3 Å². The minimum atomic E-state index is 0.255. The van der Waals surface area contributed by atoms with E-state index in [-0.39, 0.29) is 5.41 Å². The van der Waals surface area contributed by atoms with E-state index in [1.54, 1.807) is 0 Å². The van der Waals surface area contributed by atoms with Crippen molar-refractivity contribution in [3.05, 3.63) is 0 Å². The van der Waals surface area contributed by atoms with Crippen LogP contribution in [0.1, 0.15) is 54.4 Å². The highest BCUT2D eigenvalue weighted by Gasteiger charge is 2.31. The topological polar surface area (TPSA) is 21.3 Å². The Morgan fingerprint density at radius 3 is 2.07 bits per heavy atom. The first-order chi connectivity index (χ1) is 6.97. The van der Waals surface area contributed by atoms with Crippen molar-refractivity contribution < 1.29 is 4.74 Å². The average Bonchev–Trinajstić information content (AvgIpc) is 2.12. The van der Waals surface area contributed by atoms with E-state index in [1.807, 2.05) is 0 Å². The van der Waals surface area contributed by atoms with Gasteiger partial charge < -0.3 is 10.1 Å². The molecule has 0 saturated heterocycles. The van der Waals surface area contributed by atoms with Gasteiger partial charge in [-0.15, -0.1) is 0 Å². The molecule has 92 valence electrons. The molecule has 0 radical (unpaired) electrons. The fourth-order valence-electron chi connectivity index (χ4n) is 2.06. The second-order valence-electron chi connectivity index (χ2n) is 5.18. The van der Waals surface area contributed by atoms with Gasteiger partial charge in [-0.25, -0.2) is 0 Å². The van der Waals surface area contributed by atoms with Gasteiger partial charge in [0.25, 0.3) is 0 Å². The molecule has 0 saturated carbocycles. The highest BCUT2D eigenvalue weighted by atomic mass is 16.5. The minimum Gasteiger partial charge on any atom is -0.377 e. The maximum atomic E-state index is 5.86. The Bertz CT molecular complexity index is 145. The van der Waals surface area contributed by atoms with Crippen molar-refractivity contribution in [3.8, 4) is 0 Å². The molecule has 2 heteroatoms. The number of ether oxygens (including phenoxy) is 1. The molecule has 0 fully saturated rings. The predicted molar refractivity (Wildman–Crippen MR) is 67.2 cm³/mol. The van der Waals surface area contributed by atoms with E-state index in [9.17, 15) is 0 Å². The third-order valence-electron chi connectivity index (χ3n) is 2.68. The molecular formula is C13H29NO. The van der Waals surface area contributed by atoms with Gasteiger partial charge in [-0.3, -0.25) is 0 Å². The maximum Gasteiger partial charge on any atom is 0.0732 e. The van der Waals surface area contributed by atoms with Crippen molar-refractivity contribution in [2.45, 2.75) is 66.5 Å². The van der Waals surface area contributed by atoms with E-state index in [4.69, 9.17) is 4.74 Å². The van der Waals surface area contributed by atoms with Gasteiger partial charge in [-0.2, -0.15) is 0 Å². The van der Waals surface area contributed by atoms with Crippen molar-refractivity contribution >= 4 is 0 Å². The fourth-order valence-corrected chi connectivity index (χ4v) is 2.06. The first-order valence-corrected chi connectivity index (χ1v) is 6.32. The number of likely N-dealkylation sites (N-methyl/N-ethyl adjacent to an activating group) is 1. The zero-order valence-electron chi connectivity index (χ0n) is 11.4. The predicted octanol–water partition coefficient (Wildman–Crippen LogP) is 3.22. The lowest BCUT2D eigenvalue weighted by Gasteiger charge is -2.37. The van der Waals surface area contributed by atoms with E-state index in [0.29, 0.717) is 12.1 Å². The highest BCUT2D eigenvalue weighted by Crippen LogP contribution is 2.25. The fraction of sp³-hybridized carbons (Fsp3) is 1.00. The molecule has 2 atom stereocenters. The second-order valence-corrected chi connectivity index (χ2v) is 5.18. The van der Waals surface area contributed by atoms with E-state index in [0.717, 1.165) is 19.6 Å². The normalized spacial score (nSPS) is 16.4. The summed E-state index contributed by atoms with van der Waals surface area (Å²) in [5, 5.41) is 3.57. The lowest BCUT2D eigenvalue weighted by molar-refractivity contribution is -0.00229. The van der Waals surface area contributed by atoms with Crippen molar-refractivity contribution in [3.63, 3.8) is 0 Å². The molecule has 0 rings (SSSR count). The lowest BCUT2D eigenvalue weighted by Crippen LogP contribution is -2.49. The van der Waals surface area contributed by atoms with Gasteiger partial charge in [0.15, 0.2) is 0 Å². The summed E-state index contributed by atoms with van der Waals surface area (Å²) in [7, 11) is 0. The summed E-state index contributed by atoms with van der Waals surface area (Å²) < 4.78 is 5.86. The Balaban J connectivity index is 4.51. The van der Waals surface area contributed by atoms with Crippen LogP contribution < -0.4 is 5.32 Å². The van der Waals surface area contributed by atoms with Crippen LogP contribution in [-0.2, 0) is 4.74 Å². The van der Waals surface area contributed by atoms with Gasteiger partial charge in [0.1, 0.15) is 0 Å². The van der Waals surface area contributed by atoms with Gasteiger partial charge in [-0.05, 0) is 25.3 Å². The number of hydrogen-bond donors (Lipinski definition) is 1. The second kappa shape index (κ2) is 7.24. The van der Waals surface area contributed by atoms with Crippen LogP contribution in [0.25, 0.3) is 0 Å². The number of hydrogen-bond acceptors (Lipinski definition) is 2. The summed E-state index contributed by atoms with van der Waals surface area (Å²) in [6.07, 6.45) is 2.67. The molecule has 0 bridgehead atoms. The molecule has 0 aromatic rings. The minimum absolute atomic E-state index is 0.255. The molecule has 0 aromatic heterocycles. The SMILES string of the molecule is CCCC(OCC)C(NCC)C(C)(C)C. The Kier molecular flexibility index (Phi) is 7.20. The molecule has 0 aliphatic carbocycles. The summed E-state index contributed by atoms with van der Waals surface area (Å²) in [5.41, 5.74) is 0.255. The van der Waals surface area contributed by atoms with Crippen LogP contribution in [0.2, 0.25) is 0 Å². The van der Waals surface area contributed by atoms with Crippen LogP contribution in [0, 0.1) is 5.41 Å². The molecule has 2 unspecified atom stereocenters. The summed E-state index contributed by atoms with van der Waals surface area (Å²) in [5.74, 6) is 0. The van der Waals surface area contributed by atoms with Crippen molar-refractivity contribution in [1.82, 2.24) is 5.32 Å². The molecule has 0 amide bonds. The van der Waals surface area contributed by atoms with Crippen LogP contribution in [0.4, 0.5) is 0 Å². The average molecular weight is 215 g/mol. The van der Waals surface area contributed by atoms with E-state index in [2.05, 4.69) is 46.9 Å². The summed E-state index contributed by atoms with van der Waals surface area (Å²) in [6.45, 7) is 15.1. The maximum absolute atomic E-state index is 5.86. The molecule has 15 heavy (non-hydrogen) atoms. The van der Waals surface area contributed by atoms with Gasteiger partial charge in [0.2, 0.25) is 0 Å². The molecule has 0 spiro atoms. The summed E-state index contributed by atoms with van der Waals surface area (Å²) in [4.78, 5) is 0. The van der Waals surface area contributed by atoms with Crippen LogP contribution in [0.3, 0.4) is 0 Å². The van der Waals surface area contributed by atoms with Crippen LogP contribution in [0.5, 0.6) is 0 Å². The Labute approximate surface area is 95.8 Å². The van der Waals surface area contributed by atoms with Crippen LogP contribution >= 0.6 is 0 Å². The number of rotatable bonds is 7. The zero-order chi connectivity index (χ0) is 11.9. The van der Waals surface area contributed by atoms with Gasteiger partial charge in [-0.1, -0.05) is 41.0 Å². The molecule has 2 nitrogen and oxygen atoms in total. The largest absolute Gasteiger partial charge is 0.377 e. The molecule has 0 heterocycles. The molecule has 0 aromatic carbocycles. The Morgan fingerprint density at radius 2 is 1.73 bits per heavy atom. The van der Waals surface area contributed by atoms with E-state index in [1.165, 1.54) is 6.42 Å². The molecule has 0 aliphatic rings. The standard InChI is InChI=1S/C13H29NO/c1-7-10-11(15-9-3)12(14-8-2)13(4,5)6/h11-12,14H,7-10H2,1-6H3. The van der Waals surface area contributed by atoms with Gasteiger partial charge in [0.05, 0.1) is 6.10 Å². The molecular weight excluding hydrogens is 186 g/mol. The van der Waals surface area contributed by atoms with E-state index < -0.39 is 0 Å². The highest BCUT2D eigenvalue weighted by molar-refractivity contribution is 4.87. The third kappa shape index (κ3) is 5.53. The summed E-state index contributed by atoms with van der Waals surface area (Å²) in [6, 6.07) is 0.447. The first-order valence-electron chi connectivity index (χ1n) is 6.32. The zero-order valence-corrected chi connectivity index (χ0v) is 11.4. The lowest BCUT2D eigenvalue weighted by atomic mass is 9.82. The van der Waals surface area contributed by atoms with E-state index >= 15 is 0 Å². The van der Waals surface area contributed by atoms with Crippen molar-refractivity contribution in [2.75, 3.05) is 13.2 Å². The van der Waals surface area contributed by atoms with Crippen molar-refractivity contribution in [2.24, 2.45) is 5.41 Å². The Hall–Kier alpha value is -0.0800. The monoisotopic (exact) mass is 215 g/mol. The van der Waals surface area contributed by atoms with Crippen LogP contribution in [0.15, 0.2) is 0 Å². The summed E-state index contributed by atoms with van der Waals surface area (Å²) >= 11 is 0. The molecule has 1 N–H and O–H groups in total. The molecule has 0 aliphatic heterocycles. The van der Waals surface area contributed by atoms with Crippen molar-refractivity contribution in [1.29, 1.82) is 0 Å². The van der Waals surface area contributed by atoms with Gasteiger partial charge >= 0.3 is 0 Å². The van der Waals surface area contributed by atoms with Gasteiger partial charge in [0, 0.05) is 12.6 Å². The third-order valence-corrected chi connectivity index (χ3v) is 2.68. The first kappa shape index (κ1) is 14.9. The quantitative estimate of drug-likeness (QED) is 0.704. The number of nitrogens with one attached hydrogen (secondary N) is 1.